The van der Waals surface area contributed by atoms with Crippen molar-refractivity contribution in [2.24, 2.45) is 13.0 Å². The number of rotatable bonds is 3. The molecule has 1 amide bonds. The molecule has 0 N–H and O–H groups in total. The molecule has 23 heavy (non-hydrogen) atoms. The van der Waals surface area contributed by atoms with Crippen molar-refractivity contribution in [2.45, 2.75) is 33.1 Å². The van der Waals surface area contributed by atoms with Gasteiger partial charge in [-0.2, -0.15) is 0 Å². The average molecular weight is 313 g/mol. The Balaban J connectivity index is 1.69. The summed E-state index contributed by atoms with van der Waals surface area (Å²) in [6, 6.07) is 0. The summed E-state index contributed by atoms with van der Waals surface area (Å²) >= 11 is 0. The van der Waals surface area contributed by atoms with E-state index in [-0.39, 0.29) is 5.91 Å². The first-order valence-electron chi connectivity index (χ1n) is 8.09. The van der Waals surface area contributed by atoms with Gasteiger partial charge in [-0.25, -0.2) is 9.97 Å². The van der Waals surface area contributed by atoms with E-state index in [2.05, 4.69) is 9.97 Å². The van der Waals surface area contributed by atoms with Gasteiger partial charge in [-0.15, -0.1) is 0 Å². The molecule has 0 radical (unpaired) electrons. The number of likely N-dealkylation sites (tertiary alicyclic amines) is 1. The smallest absolute Gasteiger partial charge is 0.219 e. The van der Waals surface area contributed by atoms with Crippen molar-refractivity contribution in [3.63, 3.8) is 0 Å². The van der Waals surface area contributed by atoms with Gasteiger partial charge in [-0.3, -0.25) is 9.78 Å². The molecule has 1 saturated heterocycles. The lowest BCUT2D eigenvalue weighted by Crippen LogP contribution is -2.37. The normalized spacial score (nSPS) is 15.9. The van der Waals surface area contributed by atoms with E-state index in [1.807, 2.05) is 35.8 Å². The summed E-state index contributed by atoms with van der Waals surface area (Å²) in [6.45, 7) is 5.33. The fraction of sp³-hybridized carbons (Fsp3) is 0.529. The Morgan fingerprint density at radius 3 is 2.61 bits per heavy atom. The second kappa shape index (κ2) is 6.48. The van der Waals surface area contributed by atoms with Crippen LogP contribution in [0.4, 0.5) is 0 Å². The van der Waals surface area contributed by atoms with E-state index in [0.717, 1.165) is 55.3 Å². The number of amides is 1. The van der Waals surface area contributed by atoms with Crippen molar-refractivity contribution in [3.8, 4) is 11.4 Å². The zero-order chi connectivity index (χ0) is 16.4. The van der Waals surface area contributed by atoms with Crippen molar-refractivity contribution < 1.29 is 4.79 Å². The van der Waals surface area contributed by atoms with E-state index >= 15 is 0 Å². The fourth-order valence-corrected chi connectivity index (χ4v) is 3.12. The van der Waals surface area contributed by atoms with Crippen LogP contribution in [-0.2, 0) is 18.3 Å². The second-order valence-corrected chi connectivity index (χ2v) is 6.30. The minimum atomic E-state index is 0.178. The van der Waals surface area contributed by atoms with Crippen molar-refractivity contribution in [2.75, 3.05) is 13.1 Å². The Kier molecular flexibility index (Phi) is 4.41. The van der Waals surface area contributed by atoms with Crippen LogP contribution in [0, 0.1) is 12.8 Å². The highest BCUT2D eigenvalue weighted by Crippen LogP contribution is 2.22. The van der Waals surface area contributed by atoms with Crippen LogP contribution in [-0.4, -0.2) is 43.4 Å². The van der Waals surface area contributed by atoms with Gasteiger partial charge in [0.15, 0.2) is 0 Å². The first-order chi connectivity index (χ1) is 11.0. The van der Waals surface area contributed by atoms with E-state index in [1.165, 1.54) is 0 Å². The van der Waals surface area contributed by atoms with Crippen LogP contribution >= 0.6 is 0 Å². The molecule has 3 heterocycles. The summed E-state index contributed by atoms with van der Waals surface area (Å²) in [5.41, 5.74) is 2.87. The SMILES string of the molecule is CC(=O)N1CCC(Cc2cncc(-c3cnc(C)n3C)n2)CC1. The standard InChI is InChI=1S/C17H23N5O/c1-12-19-11-17(21(12)3)16-10-18-9-15(20-16)8-14-4-6-22(7-5-14)13(2)23/h9-11,14H,4-8H2,1-3H3. The first-order valence-corrected chi connectivity index (χ1v) is 8.09. The van der Waals surface area contributed by atoms with Crippen LogP contribution in [0.5, 0.6) is 0 Å². The quantitative estimate of drug-likeness (QED) is 0.869. The maximum absolute atomic E-state index is 11.4. The minimum Gasteiger partial charge on any atom is -0.343 e. The molecule has 2 aromatic rings. The summed E-state index contributed by atoms with van der Waals surface area (Å²) in [5.74, 6) is 1.71. The molecule has 1 aliphatic rings. The Morgan fingerprint density at radius 2 is 2.00 bits per heavy atom. The predicted octanol–water partition coefficient (Wildman–Crippen LogP) is 1.99. The fourth-order valence-electron chi connectivity index (χ4n) is 3.12. The van der Waals surface area contributed by atoms with Crippen LogP contribution in [0.15, 0.2) is 18.6 Å². The van der Waals surface area contributed by atoms with Crippen LogP contribution in [0.3, 0.4) is 0 Å². The monoisotopic (exact) mass is 313 g/mol. The molecule has 2 aromatic heterocycles. The number of piperidine rings is 1. The molecule has 122 valence electrons. The van der Waals surface area contributed by atoms with Crippen LogP contribution in [0.2, 0.25) is 0 Å². The number of imidazole rings is 1. The second-order valence-electron chi connectivity index (χ2n) is 6.30. The molecule has 6 heteroatoms. The van der Waals surface area contributed by atoms with Gasteiger partial charge in [0.25, 0.3) is 0 Å². The summed E-state index contributed by atoms with van der Waals surface area (Å²) in [7, 11) is 1.99. The van der Waals surface area contributed by atoms with E-state index in [9.17, 15) is 4.79 Å². The molecule has 0 atom stereocenters. The summed E-state index contributed by atoms with van der Waals surface area (Å²) in [4.78, 5) is 26.8. The lowest BCUT2D eigenvalue weighted by atomic mass is 9.92. The molecule has 0 saturated carbocycles. The number of nitrogens with zero attached hydrogens (tertiary/aromatic N) is 5. The van der Waals surface area contributed by atoms with E-state index in [1.54, 1.807) is 13.1 Å². The zero-order valence-electron chi connectivity index (χ0n) is 14.0. The van der Waals surface area contributed by atoms with E-state index in [0.29, 0.717) is 5.92 Å². The molecule has 1 fully saturated rings. The van der Waals surface area contributed by atoms with Crippen LogP contribution in [0.25, 0.3) is 11.4 Å². The van der Waals surface area contributed by atoms with Crippen LogP contribution < -0.4 is 0 Å². The third kappa shape index (κ3) is 3.41. The molecule has 0 spiro atoms. The maximum Gasteiger partial charge on any atom is 0.219 e. The highest BCUT2D eigenvalue weighted by atomic mass is 16.2. The molecule has 0 aromatic carbocycles. The van der Waals surface area contributed by atoms with Gasteiger partial charge in [0.1, 0.15) is 11.5 Å². The molecular formula is C17H23N5O. The molecule has 0 bridgehead atoms. The van der Waals surface area contributed by atoms with Crippen molar-refractivity contribution >= 4 is 5.91 Å². The number of hydrogen-bond acceptors (Lipinski definition) is 4. The molecule has 1 aliphatic heterocycles. The number of carbonyl (C=O) groups excluding carboxylic acids is 1. The van der Waals surface area contributed by atoms with Crippen LogP contribution in [0.1, 0.15) is 31.3 Å². The third-order valence-corrected chi connectivity index (χ3v) is 4.72. The Labute approximate surface area is 136 Å². The lowest BCUT2D eigenvalue weighted by molar-refractivity contribution is -0.130. The van der Waals surface area contributed by atoms with Gasteiger partial charge in [0, 0.05) is 33.3 Å². The largest absolute Gasteiger partial charge is 0.343 e. The summed E-state index contributed by atoms with van der Waals surface area (Å²) in [5, 5.41) is 0. The predicted molar refractivity (Wildman–Crippen MR) is 87.7 cm³/mol. The van der Waals surface area contributed by atoms with Crippen molar-refractivity contribution in [3.05, 3.63) is 30.1 Å². The number of aromatic nitrogens is 4. The van der Waals surface area contributed by atoms with Crippen molar-refractivity contribution in [1.82, 2.24) is 24.4 Å². The Morgan fingerprint density at radius 1 is 1.26 bits per heavy atom. The molecule has 6 nitrogen and oxygen atoms in total. The molecule has 3 rings (SSSR count). The van der Waals surface area contributed by atoms with E-state index in [4.69, 9.17) is 4.98 Å². The third-order valence-electron chi connectivity index (χ3n) is 4.72. The molecule has 0 unspecified atom stereocenters. The lowest BCUT2D eigenvalue weighted by Gasteiger charge is -2.31. The van der Waals surface area contributed by atoms with Gasteiger partial charge in [-0.1, -0.05) is 0 Å². The highest BCUT2D eigenvalue weighted by Gasteiger charge is 2.21. The van der Waals surface area contributed by atoms with Gasteiger partial charge in [0.05, 0.1) is 23.8 Å². The summed E-state index contributed by atoms with van der Waals surface area (Å²) < 4.78 is 2.03. The number of hydrogen-bond donors (Lipinski definition) is 0. The maximum atomic E-state index is 11.4. The van der Waals surface area contributed by atoms with Crippen molar-refractivity contribution in [1.29, 1.82) is 0 Å². The van der Waals surface area contributed by atoms with Gasteiger partial charge >= 0.3 is 0 Å². The first kappa shape index (κ1) is 15.6. The minimum absolute atomic E-state index is 0.178. The van der Waals surface area contributed by atoms with Gasteiger partial charge in [-0.05, 0) is 32.1 Å². The van der Waals surface area contributed by atoms with Gasteiger partial charge < -0.3 is 9.47 Å². The molecular weight excluding hydrogens is 290 g/mol. The highest BCUT2D eigenvalue weighted by molar-refractivity contribution is 5.73. The van der Waals surface area contributed by atoms with Gasteiger partial charge in [0.2, 0.25) is 5.91 Å². The molecule has 0 aliphatic carbocycles. The average Bonchev–Trinajstić information content (AvgIpc) is 2.88. The Hall–Kier alpha value is -2.24. The summed E-state index contributed by atoms with van der Waals surface area (Å²) in [6.07, 6.45) is 8.48. The Bertz CT molecular complexity index is 701. The van der Waals surface area contributed by atoms with E-state index < -0.39 is 0 Å². The topological polar surface area (TPSA) is 63.9 Å². The number of carbonyl (C=O) groups is 1. The number of aryl methyl sites for hydroxylation is 1. The zero-order valence-corrected chi connectivity index (χ0v) is 14.0.